The van der Waals surface area contributed by atoms with E-state index in [4.69, 9.17) is 11.6 Å². The van der Waals surface area contributed by atoms with Crippen LogP contribution in [0.1, 0.15) is 16.5 Å². The summed E-state index contributed by atoms with van der Waals surface area (Å²) in [5, 5.41) is -1.01. The van der Waals surface area contributed by atoms with Gasteiger partial charge < -0.3 is 0 Å². The molecule has 2 aromatic carbocycles. The van der Waals surface area contributed by atoms with E-state index in [1.807, 2.05) is 0 Å². The molecule has 0 N–H and O–H groups in total. The third-order valence-electron chi connectivity index (χ3n) is 2.50. The van der Waals surface area contributed by atoms with Crippen molar-refractivity contribution in [2.45, 2.75) is 5.38 Å². The average Bonchev–Trinajstić information content (AvgIpc) is 2.36. The molecule has 0 amide bonds. The van der Waals surface area contributed by atoms with Crippen LogP contribution in [0.4, 0.5) is 17.6 Å². The van der Waals surface area contributed by atoms with Gasteiger partial charge in [-0.05, 0) is 23.8 Å². The van der Waals surface area contributed by atoms with Gasteiger partial charge in [-0.15, -0.1) is 11.6 Å². The third-order valence-corrected chi connectivity index (χ3v) is 2.99. The van der Waals surface area contributed by atoms with E-state index in [2.05, 4.69) is 0 Å². The maximum absolute atomic E-state index is 13.5. The second-order valence-corrected chi connectivity index (χ2v) is 4.12. The smallest absolute Gasteiger partial charge is 0.194 e. The topological polar surface area (TPSA) is 0 Å². The summed E-state index contributed by atoms with van der Waals surface area (Å²) >= 11 is 5.96. The van der Waals surface area contributed by atoms with Gasteiger partial charge in [-0.3, -0.25) is 0 Å². The summed E-state index contributed by atoms with van der Waals surface area (Å²) in [6.07, 6.45) is 0. The molecule has 2 aromatic rings. The van der Waals surface area contributed by atoms with Crippen molar-refractivity contribution in [3.05, 3.63) is 70.8 Å². The minimum absolute atomic E-state index is 0.192. The van der Waals surface area contributed by atoms with Gasteiger partial charge in [0.25, 0.3) is 0 Å². The molecular formula is C13H7ClF4. The number of halogens is 5. The summed E-state index contributed by atoms with van der Waals surface area (Å²) < 4.78 is 52.1. The molecule has 94 valence electrons. The van der Waals surface area contributed by atoms with E-state index in [9.17, 15) is 17.6 Å². The van der Waals surface area contributed by atoms with Crippen molar-refractivity contribution in [3.63, 3.8) is 0 Å². The van der Waals surface area contributed by atoms with Crippen LogP contribution in [0.2, 0.25) is 0 Å². The molecule has 2 rings (SSSR count). The summed E-state index contributed by atoms with van der Waals surface area (Å²) in [6, 6.07) is 6.88. The Balaban J connectivity index is 2.43. The minimum Gasteiger partial charge on any atom is -0.207 e. The zero-order chi connectivity index (χ0) is 13.3. The molecule has 5 heteroatoms. The molecule has 0 heterocycles. The van der Waals surface area contributed by atoms with E-state index in [0.717, 1.165) is 24.3 Å². The Kier molecular flexibility index (Phi) is 3.57. The Bertz CT molecular complexity index is 566. The SMILES string of the molecule is Fc1ccc(C(Cl)c2ccc(F)c(F)c2F)cc1. The molecular weight excluding hydrogens is 268 g/mol. The van der Waals surface area contributed by atoms with Crippen molar-refractivity contribution in [2.24, 2.45) is 0 Å². The van der Waals surface area contributed by atoms with Gasteiger partial charge in [-0.1, -0.05) is 18.2 Å². The van der Waals surface area contributed by atoms with Gasteiger partial charge in [0.15, 0.2) is 17.5 Å². The van der Waals surface area contributed by atoms with Gasteiger partial charge in [0.1, 0.15) is 5.82 Å². The van der Waals surface area contributed by atoms with Crippen molar-refractivity contribution in [1.29, 1.82) is 0 Å². The van der Waals surface area contributed by atoms with Crippen LogP contribution in [0.5, 0.6) is 0 Å². The molecule has 18 heavy (non-hydrogen) atoms. The minimum atomic E-state index is -1.57. The summed E-state index contributed by atoms with van der Waals surface area (Å²) in [6.45, 7) is 0. The van der Waals surface area contributed by atoms with Crippen molar-refractivity contribution in [1.82, 2.24) is 0 Å². The molecule has 0 aliphatic carbocycles. The lowest BCUT2D eigenvalue weighted by Gasteiger charge is -2.12. The van der Waals surface area contributed by atoms with E-state index in [1.54, 1.807) is 0 Å². The number of hydrogen-bond acceptors (Lipinski definition) is 0. The predicted molar refractivity (Wildman–Crippen MR) is 60.4 cm³/mol. The average molecular weight is 275 g/mol. The van der Waals surface area contributed by atoms with E-state index in [1.165, 1.54) is 12.1 Å². The molecule has 0 saturated carbocycles. The van der Waals surface area contributed by atoms with Crippen molar-refractivity contribution in [3.8, 4) is 0 Å². The Morgan fingerprint density at radius 1 is 0.778 bits per heavy atom. The first kappa shape index (κ1) is 12.9. The zero-order valence-corrected chi connectivity index (χ0v) is 9.69. The maximum Gasteiger partial charge on any atom is 0.194 e. The van der Waals surface area contributed by atoms with Gasteiger partial charge >= 0.3 is 0 Å². The van der Waals surface area contributed by atoms with Gasteiger partial charge in [-0.25, -0.2) is 17.6 Å². The van der Waals surface area contributed by atoms with Crippen LogP contribution < -0.4 is 0 Å². The van der Waals surface area contributed by atoms with Crippen LogP contribution in [0, 0.1) is 23.3 Å². The van der Waals surface area contributed by atoms with Crippen LogP contribution >= 0.6 is 11.6 Å². The first-order valence-corrected chi connectivity index (χ1v) is 5.47. The molecule has 1 unspecified atom stereocenters. The Labute approximate surface area is 106 Å². The molecule has 0 nitrogen and oxygen atoms in total. The number of benzene rings is 2. The first-order valence-electron chi connectivity index (χ1n) is 5.03. The van der Waals surface area contributed by atoms with Crippen LogP contribution in [0.3, 0.4) is 0 Å². The highest BCUT2D eigenvalue weighted by Crippen LogP contribution is 2.32. The van der Waals surface area contributed by atoms with Crippen molar-refractivity contribution < 1.29 is 17.6 Å². The molecule has 0 aliphatic rings. The zero-order valence-electron chi connectivity index (χ0n) is 8.93. The normalized spacial score (nSPS) is 12.5. The van der Waals surface area contributed by atoms with E-state index < -0.39 is 28.6 Å². The van der Waals surface area contributed by atoms with Crippen LogP contribution in [0.25, 0.3) is 0 Å². The molecule has 0 radical (unpaired) electrons. The molecule has 1 atom stereocenters. The second kappa shape index (κ2) is 4.98. The number of alkyl halides is 1. The van der Waals surface area contributed by atoms with Crippen molar-refractivity contribution in [2.75, 3.05) is 0 Å². The monoisotopic (exact) mass is 274 g/mol. The van der Waals surface area contributed by atoms with E-state index >= 15 is 0 Å². The van der Waals surface area contributed by atoms with E-state index in [0.29, 0.717) is 5.56 Å². The lowest BCUT2D eigenvalue weighted by atomic mass is 10.0. The molecule has 0 bridgehead atoms. The summed E-state index contributed by atoms with van der Waals surface area (Å²) in [5.41, 5.74) is 0.199. The Morgan fingerprint density at radius 3 is 2.00 bits per heavy atom. The third kappa shape index (κ3) is 2.34. The Hall–Kier alpha value is -1.55. The summed E-state index contributed by atoms with van der Waals surface area (Å²) in [4.78, 5) is 0. The van der Waals surface area contributed by atoms with Gasteiger partial charge in [0, 0.05) is 5.56 Å². The van der Waals surface area contributed by atoms with Gasteiger partial charge in [0.05, 0.1) is 5.38 Å². The predicted octanol–water partition coefficient (Wildman–Crippen LogP) is 4.57. The largest absolute Gasteiger partial charge is 0.207 e. The molecule has 0 spiro atoms. The number of rotatable bonds is 2. The molecule has 0 fully saturated rings. The quantitative estimate of drug-likeness (QED) is 0.427. The van der Waals surface area contributed by atoms with E-state index in [-0.39, 0.29) is 5.56 Å². The highest BCUT2D eigenvalue weighted by atomic mass is 35.5. The maximum atomic E-state index is 13.5. The molecule has 0 saturated heterocycles. The van der Waals surface area contributed by atoms with Gasteiger partial charge in [-0.2, -0.15) is 0 Å². The fraction of sp³-hybridized carbons (Fsp3) is 0.0769. The fourth-order valence-electron chi connectivity index (χ4n) is 1.55. The lowest BCUT2D eigenvalue weighted by Crippen LogP contribution is -2.01. The van der Waals surface area contributed by atoms with Crippen LogP contribution in [0.15, 0.2) is 36.4 Å². The van der Waals surface area contributed by atoms with Crippen LogP contribution in [-0.4, -0.2) is 0 Å². The fourth-order valence-corrected chi connectivity index (χ4v) is 1.86. The summed E-state index contributed by atoms with van der Waals surface area (Å²) in [7, 11) is 0. The Morgan fingerprint density at radius 2 is 1.39 bits per heavy atom. The molecule has 0 aliphatic heterocycles. The highest BCUT2D eigenvalue weighted by Gasteiger charge is 2.20. The van der Waals surface area contributed by atoms with Crippen molar-refractivity contribution >= 4 is 11.6 Å². The number of hydrogen-bond donors (Lipinski definition) is 0. The van der Waals surface area contributed by atoms with Gasteiger partial charge in [0.2, 0.25) is 0 Å². The molecule has 0 aromatic heterocycles. The first-order chi connectivity index (χ1) is 8.50. The highest BCUT2D eigenvalue weighted by molar-refractivity contribution is 6.22. The second-order valence-electron chi connectivity index (χ2n) is 3.68. The van der Waals surface area contributed by atoms with Crippen LogP contribution in [-0.2, 0) is 0 Å². The summed E-state index contributed by atoms with van der Waals surface area (Å²) in [5.74, 6) is -4.65. The standard InChI is InChI=1S/C13H7ClF4/c14-11(7-1-3-8(15)4-2-7)9-5-6-10(16)13(18)12(9)17/h1-6,11H. The lowest BCUT2D eigenvalue weighted by molar-refractivity contribution is 0.441.